The van der Waals surface area contributed by atoms with Crippen molar-refractivity contribution < 1.29 is 37.0 Å². The summed E-state index contributed by atoms with van der Waals surface area (Å²) in [6.07, 6.45) is -3.03. The highest BCUT2D eigenvalue weighted by atomic mass is 19.4. The first-order valence-electron chi connectivity index (χ1n) is 14.8. The van der Waals surface area contributed by atoms with Gasteiger partial charge in [-0.05, 0) is 37.5 Å². The smallest absolute Gasteiger partial charge is 0.417 e. The minimum Gasteiger partial charge on any atom is -0.453 e. The monoisotopic (exact) mass is 657 g/mol. The Hall–Kier alpha value is -4.95. The molecule has 14 nitrogen and oxygen atoms in total. The Labute approximate surface area is 268 Å². The van der Waals surface area contributed by atoms with Gasteiger partial charge in [-0.25, -0.2) is 19.3 Å². The lowest BCUT2D eigenvalue weighted by Gasteiger charge is -2.34. The van der Waals surface area contributed by atoms with E-state index in [9.17, 15) is 27.6 Å². The third kappa shape index (κ3) is 7.89. The van der Waals surface area contributed by atoms with E-state index >= 15 is 0 Å². The molecule has 17 heteroatoms. The number of fused-ring (bicyclic) bond motifs is 1. The van der Waals surface area contributed by atoms with Gasteiger partial charge in [-0.3, -0.25) is 19.8 Å². The van der Waals surface area contributed by atoms with Gasteiger partial charge in [0.2, 0.25) is 5.91 Å². The fraction of sp³-hybridized carbons (Fsp3) is 0.467. The van der Waals surface area contributed by atoms with E-state index in [1.165, 1.54) is 11.4 Å². The number of hydrogen-bond acceptors (Lipinski definition) is 10. The van der Waals surface area contributed by atoms with Crippen molar-refractivity contribution in [1.82, 2.24) is 34.7 Å². The zero-order valence-electron chi connectivity index (χ0n) is 26.1. The molecular formula is C30H34F3N9O5. The Morgan fingerprint density at radius 3 is 2.60 bits per heavy atom. The topological polar surface area (TPSA) is 147 Å². The van der Waals surface area contributed by atoms with Gasteiger partial charge in [-0.15, -0.1) is 5.10 Å². The SMILES string of the molecule is CC#CC(=O)NCC(=O)N1CCN(Cc2cc3c(N4CCOC[C@@H]4C)nc(-c4cnc(NC(=O)OC)cc4C(F)(F)F)nn3c2)CC1. The van der Waals surface area contributed by atoms with Crippen molar-refractivity contribution in [2.75, 3.05) is 69.8 Å². The standard InChI is InChI=1S/C30H34F3N9O5/c1-4-5-25(43)35-15-26(44)40-8-6-39(7-9-40)16-20-12-23-28(41-10-11-47-18-19(41)2)37-27(38-42(23)17-20)21-14-34-24(36-29(45)46-3)13-22(21)30(31,32)33/h12-14,17,19H,6-11,15-16,18H2,1-3H3,(H,35,43)(H,34,36,45)/t19-/m0/s1. The first-order chi connectivity index (χ1) is 22.5. The van der Waals surface area contributed by atoms with Crippen molar-refractivity contribution >= 4 is 35.1 Å². The van der Waals surface area contributed by atoms with Crippen LogP contribution in [0.25, 0.3) is 16.9 Å². The molecule has 2 N–H and O–H groups in total. The third-order valence-electron chi connectivity index (χ3n) is 7.78. The van der Waals surface area contributed by atoms with Crippen LogP contribution in [0.5, 0.6) is 0 Å². The van der Waals surface area contributed by atoms with E-state index in [-0.39, 0.29) is 35.7 Å². The minimum atomic E-state index is -4.81. The first-order valence-corrected chi connectivity index (χ1v) is 14.8. The molecule has 0 aromatic carbocycles. The molecule has 3 aromatic heterocycles. The lowest BCUT2D eigenvalue weighted by Crippen LogP contribution is -2.50. The van der Waals surface area contributed by atoms with Crippen LogP contribution in [0.15, 0.2) is 24.5 Å². The normalized spacial score (nSPS) is 17.2. The fourth-order valence-electron chi connectivity index (χ4n) is 5.42. The van der Waals surface area contributed by atoms with Gasteiger partial charge in [-0.2, -0.15) is 13.2 Å². The van der Waals surface area contributed by atoms with Crippen LogP contribution in [0.4, 0.5) is 29.6 Å². The molecule has 0 aliphatic carbocycles. The van der Waals surface area contributed by atoms with Gasteiger partial charge < -0.3 is 24.6 Å². The Kier molecular flexibility index (Phi) is 10.1. The summed E-state index contributed by atoms with van der Waals surface area (Å²) in [5.41, 5.74) is 0.0427. The average Bonchev–Trinajstić information content (AvgIpc) is 3.46. The molecule has 2 aliphatic heterocycles. The van der Waals surface area contributed by atoms with E-state index in [0.717, 1.165) is 24.9 Å². The van der Waals surface area contributed by atoms with E-state index in [1.807, 2.05) is 17.9 Å². The van der Waals surface area contributed by atoms with Gasteiger partial charge in [0.15, 0.2) is 11.6 Å². The molecule has 3 aromatic rings. The van der Waals surface area contributed by atoms with E-state index in [1.54, 1.807) is 11.1 Å². The second-order valence-electron chi connectivity index (χ2n) is 11.0. The first kappa shape index (κ1) is 33.4. The summed E-state index contributed by atoms with van der Waals surface area (Å²) in [5.74, 6) is 4.05. The Morgan fingerprint density at radius 2 is 1.91 bits per heavy atom. The van der Waals surface area contributed by atoms with Gasteiger partial charge in [0.05, 0.1) is 44.0 Å². The number of hydrogen-bond donors (Lipinski definition) is 2. The molecule has 2 fully saturated rings. The third-order valence-corrected chi connectivity index (χ3v) is 7.78. The van der Waals surface area contributed by atoms with Gasteiger partial charge in [-0.1, -0.05) is 5.92 Å². The highest BCUT2D eigenvalue weighted by molar-refractivity contribution is 5.95. The number of piperazine rings is 1. The molecule has 5 rings (SSSR count). The summed E-state index contributed by atoms with van der Waals surface area (Å²) in [6, 6.07) is 2.52. The van der Waals surface area contributed by atoms with E-state index in [4.69, 9.17) is 4.74 Å². The number of nitrogens with one attached hydrogen (secondary N) is 2. The van der Waals surface area contributed by atoms with Crippen molar-refractivity contribution in [3.05, 3.63) is 35.7 Å². The zero-order valence-corrected chi connectivity index (χ0v) is 26.1. The number of ether oxygens (including phenoxy) is 2. The van der Waals surface area contributed by atoms with Crippen molar-refractivity contribution in [2.45, 2.75) is 32.6 Å². The maximum Gasteiger partial charge on any atom is 0.417 e. The average molecular weight is 658 g/mol. The van der Waals surface area contributed by atoms with E-state index < -0.39 is 23.7 Å². The van der Waals surface area contributed by atoms with Gasteiger partial charge in [0.1, 0.15) is 11.3 Å². The van der Waals surface area contributed by atoms with Crippen molar-refractivity contribution in [3.8, 4) is 23.2 Å². The molecule has 0 unspecified atom stereocenters. The fourth-order valence-corrected chi connectivity index (χ4v) is 5.42. The number of nitrogens with zero attached hydrogens (tertiary/aromatic N) is 7. The molecule has 0 radical (unpaired) electrons. The molecular weight excluding hydrogens is 623 g/mol. The Bertz CT molecular complexity index is 1710. The molecule has 250 valence electrons. The molecule has 3 amide bonds. The molecule has 47 heavy (non-hydrogen) atoms. The summed E-state index contributed by atoms with van der Waals surface area (Å²) < 4.78 is 54.5. The number of methoxy groups -OCH3 is 1. The number of carbonyl (C=O) groups excluding carboxylic acids is 3. The zero-order chi connectivity index (χ0) is 33.7. The number of pyridine rings is 1. The van der Waals surface area contributed by atoms with Gasteiger partial charge in [0.25, 0.3) is 5.91 Å². The van der Waals surface area contributed by atoms with Crippen molar-refractivity contribution in [3.63, 3.8) is 0 Å². The minimum absolute atomic E-state index is 0.107. The molecule has 0 saturated carbocycles. The predicted molar refractivity (Wildman–Crippen MR) is 163 cm³/mol. The molecule has 5 heterocycles. The summed E-state index contributed by atoms with van der Waals surface area (Å²) in [7, 11) is 1.09. The highest BCUT2D eigenvalue weighted by Crippen LogP contribution is 2.38. The van der Waals surface area contributed by atoms with Gasteiger partial charge in [0, 0.05) is 51.7 Å². The highest BCUT2D eigenvalue weighted by Gasteiger charge is 2.36. The second-order valence-corrected chi connectivity index (χ2v) is 11.0. The van der Waals surface area contributed by atoms with Crippen LogP contribution >= 0.6 is 0 Å². The number of aromatic nitrogens is 4. The number of morpholine rings is 1. The van der Waals surface area contributed by atoms with Crippen molar-refractivity contribution in [2.24, 2.45) is 0 Å². The molecule has 0 bridgehead atoms. The van der Waals surface area contributed by atoms with Crippen LogP contribution in [-0.2, 0) is 31.8 Å². The van der Waals surface area contributed by atoms with Crippen molar-refractivity contribution in [1.29, 1.82) is 0 Å². The maximum absolute atomic E-state index is 14.3. The summed E-state index contributed by atoms with van der Waals surface area (Å²) in [5, 5.41) is 9.13. The lowest BCUT2D eigenvalue weighted by molar-refractivity contribution is -0.137. The predicted octanol–water partition coefficient (Wildman–Crippen LogP) is 2.00. The summed E-state index contributed by atoms with van der Waals surface area (Å²) in [6.45, 7) is 7.27. The largest absolute Gasteiger partial charge is 0.453 e. The molecule has 0 spiro atoms. The number of alkyl halides is 3. The quantitative estimate of drug-likeness (QED) is 0.362. The van der Waals surface area contributed by atoms with Gasteiger partial charge >= 0.3 is 12.3 Å². The lowest BCUT2D eigenvalue weighted by atomic mass is 10.1. The van der Waals surface area contributed by atoms with Crippen LogP contribution in [0.1, 0.15) is 25.0 Å². The Balaban J connectivity index is 1.42. The number of halogens is 3. The molecule has 1 atom stereocenters. The molecule has 2 saturated heterocycles. The second kappa shape index (κ2) is 14.2. The number of amides is 3. The van der Waals surface area contributed by atoms with Crippen LogP contribution in [0, 0.1) is 11.8 Å². The summed E-state index contributed by atoms with van der Waals surface area (Å²) in [4.78, 5) is 50.2. The van der Waals surface area contributed by atoms with Crippen LogP contribution in [0.2, 0.25) is 0 Å². The van der Waals surface area contributed by atoms with Crippen LogP contribution in [-0.4, -0.2) is 113 Å². The van der Waals surface area contributed by atoms with E-state index in [2.05, 4.69) is 47.2 Å². The number of anilines is 2. The van der Waals surface area contributed by atoms with Crippen LogP contribution < -0.4 is 15.5 Å². The summed E-state index contributed by atoms with van der Waals surface area (Å²) >= 11 is 0. The van der Waals surface area contributed by atoms with E-state index in [0.29, 0.717) is 63.8 Å². The number of carbonyl (C=O) groups is 3. The maximum atomic E-state index is 14.3. The Morgan fingerprint density at radius 1 is 1.15 bits per heavy atom. The van der Waals surface area contributed by atoms with Crippen LogP contribution in [0.3, 0.4) is 0 Å². The molecule has 2 aliphatic rings. The number of rotatable bonds is 7.